The average Bonchev–Trinajstić information content (AvgIpc) is 2.87. The molecule has 112 valence electrons. The largest absolute Gasteiger partial charge is 0.378 e. The van der Waals surface area contributed by atoms with Gasteiger partial charge >= 0.3 is 0 Å². The molecule has 21 heavy (non-hydrogen) atoms. The molecule has 0 unspecified atom stereocenters. The lowest BCUT2D eigenvalue weighted by Gasteiger charge is -2.13. The van der Waals surface area contributed by atoms with Crippen molar-refractivity contribution in [2.75, 3.05) is 24.3 Å². The number of carbonyl (C=O) groups excluding carboxylic acids is 1. The van der Waals surface area contributed by atoms with Gasteiger partial charge in [0.1, 0.15) is 0 Å². The van der Waals surface area contributed by atoms with Crippen LogP contribution < -0.4 is 10.2 Å². The summed E-state index contributed by atoms with van der Waals surface area (Å²) >= 11 is 1.54. The Morgan fingerprint density at radius 1 is 1.38 bits per heavy atom. The first-order valence-electron chi connectivity index (χ1n) is 6.97. The van der Waals surface area contributed by atoms with Crippen molar-refractivity contribution >= 4 is 28.1 Å². The van der Waals surface area contributed by atoms with Crippen molar-refractivity contribution in [1.82, 2.24) is 4.98 Å². The highest BCUT2D eigenvalue weighted by Gasteiger charge is 2.10. The summed E-state index contributed by atoms with van der Waals surface area (Å²) in [7, 11) is 3.98. The number of nitrogens with one attached hydrogen (secondary N) is 1. The van der Waals surface area contributed by atoms with Gasteiger partial charge in [-0.1, -0.05) is 26.0 Å². The van der Waals surface area contributed by atoms with Gasteiger partial charge in [-0.05, 0) is 23.6 Å². The van der Waals surface area contributed by atoms with Crippen molar-refractivity contribution < 1.29 is 4.79 Å². The van der Waals surface area contributed by atoms with E-state index >= 15 is 0 Å². The minimum Gasteiger partial charge on any atom is -0.378 e. The monoisotopic (exact) mass is 303 g/mol. The summed E-state index contributed by atoms with van der Waals surface area (Å²) in [5.41, 5.74) is 2.09. The highest BCUT2D eigenvalue weighted by molar-refractivity contribution is 7.15. The normalized spacial score (nSPS) is 10.7. The topological polar surface area (TPSA) is 45.2 Å². The minimum atomic E-state index is -0.0319. The smallest absolute Gasteiger partial charge is 0.230 e. The van der Waals surface area contributed by atoms with Crippen LogP contribution in [0.2, 0.25) is 0 Å². The van der Waals surface area contributed by atoms with Crippen molar-refractivity contribution in [3.63, 3.8) is 0 Å². The summed E-state index contributed by atoms with van der Waals surface area (Å²) in [6, 6.07) is 7.99. The molecule has 4 nitrogen and oxygen atoms in total. The number of thiazole rings is 1. The molecular weight excluding hydrogens is 282 g/mol. The fraction of sp³-hybridized carbons (Fsp3) is 0.375. The van der Waals surface area contributed by atoms with Crippen molar-refractivity contribution in [2.24, 2.45) is 0 Å². The number of hydrogen-bond acceptors (Lipinski definition) is 4. The summed E-state index contributed by atoms with van der Waals surface area (Å²) < 4.78 is 0. The van der Waals surface area contributed by atoms with Crippen LogP contribution >= 0.6 is 11.3 Å². The SMILES string of the molecule is CC(C)c1cnc(NC(=O)Cc2cccc(N(C)C)c2)s1. The van der Waals surface area contributed by atoms with E-state index in [0.717, 1.165) is 11.3 Å². The van der Waals surface area contributed by atoms with Crippen LogP contribution in [-0.4, -0.2) is 25.0 Å². The Bertz CT molecular complexity index is 619. The van der Waals surface area contributed by atoms with Gasteiger partial charge in [0.25, 0.3) is 0 Å². The van der Waals surface area contributed by atoms with Crippen LogP contribution in [0, 0.1) is 0 Å². The number of amides is 1. The predicted octanol–water partition coefficient (Wildman–Crippen LogP) is 3.51. The Hall–Kier alpha value is -1.88. The molecule has 2 aromatic rings. The molecule has 0 aliphatic carbocycles. The van der Waals surface area contributed by atoms with Gasteiger partial charge < -0.3 is 10.2 Å². The first-order valence-corrected chi connectivity index (χ1v) is 7.79. The van der Waals surface area contributed by atoms with Gasteiger partial charge in [0.15, 0.2) is 5.13 Å². The number of carbonyl (C=O) groups is 1. The summed E-state index contributed by atoms with van der Waals surface area (Å²) in [5, 5.41) is 3.54. The van der Waals surface area contributed by atoms with Crippen LogP contribution in [0.15, 0.2) is 30.5 Å². The Kier molecular flexibility index (Phi) is 4.96. The molecule has 0 spiro atoms. The van der Waals surface area contributed by atoms with Crippen molar-refractivity contribution in [3.8, 4) is 0 Å². The van der Waals surface area contributed by atoms with Gasteiger partial charge in [-0.25, -0.2) is 4.98 Å². The van der Waals surface area contributed by atoms with Crippen molar-refractivity contribution in [2.45, 2.75) is 26.2 Å². The molecule has 0 atom stereocenters. The van der Waals surface area contributed by atoms with E-state index in [9.17, 15) is 4.79 Å². The summed E-state index contributed by atoms with van der Waals surface area (Å²) in [5.74, 6) is 0.403. The Labute approximate surface area is 129 Å². The number of anilines is 2. The lowest BCUT2D eigenvalue weighted by molar-refractivity contribution is -0.115. The second-order valence-corrected chi connectivity index (χ2v) is 6.57. The molecule has 1 heterocycles. The fourth-order valence-electron chi connectivity index (χ4n) is 1.90. The molecule has 0 saturated heterocycles. The highest BCUT2D eigenvalue weighted by Crippen LogP contribution is 2.25. The molecule has 0 radical (unpaired) electrons. The first-order chi connectivity index (χ1) is 9.95. The zero-order valence-electron chi connectivity index (χ0n) is 12.9. The van der Waals surface area contributed by atoms with Crippen LogP contribution in [0.3, 0.4) is 0 Å². The van der Waals surface area contributed by atoms with Crippen LogP contribution in [0.1, 0.15) is 30.2 Å². The Balaban J connectivity index is 1.99. The molecule has 5 heteroatoms. The molecule has 0 aliphatic rings. The van der Waals surface area contributed by atoms with E-state index in [0.29, 0.717) is 17.5 Å². The van der Waals surface area contributed by atoms with E-state index < -0.39 is 0 Å². The summed E-state index contributed by atoms with van der Waals surface area (Å²) in [6.45, 7) is 4.23. The van der Waals surface area contributed by atoms with Crippen LogP contribution in [0.4, 0.5) is 10.8 Å². The second kappa shape index (κ2) is 6.72. The number of benzene rings is 1. The number of aromatic nitrogens is 1. The molecule has 1 N–H and O–H groups in total. The zero-order valence-corrected chi connectivity index (χ0v) is 13.7. The number of rotatable bonds is 5. The standard InChI is InChI=1S/C16H21N3OS/c1-11(2)14-10-17-16(21-14)18-15(20)9-12-6-5-7-13(8-12)19(3)4/h5-8,10-11H,9H2,1-4H3,(H,17,18,20). The quantitative estimate of drug-likeness (QED) is 0.919. The second-order valence-electron chi connectivity index (χ2n) is 5.51. The van der Waals surface area contributed by atoms with Crippen LogP contribution in [0.5, 0.6) is 0 Å². The molecule has 1 aromatic heterocycles. The molecule has 0 aliphatic heterocycles. The summed E-state index contributed by atoms with van der Waals surface area (Å²) in [4.78, 5) is 19.5. The van der Waals surface area contributed by atoms with E-state index in [1.54, 1.807) is 0 Å². The third-order valence-electron chi connectivity index (χ3n) is 3.13. The molecular formula is C16H21N3OS. The van der Waals surface area contributed by atoms with Gasteiger partial charge in [-0.3, -0.25) is 4.79 Å². The third-order valence-corrected chi connectivity index (χ3v) is 4.34. The van der Waals surface area contributed by atoms with Gasteiger partial charge in [0.05, 0.1) is 6.42 Å². The molecule has 0 saturated carbocycles. The maximum absolute atomic E-state index is 12.1. The minimum absolute atomic E-state index is 0.0319. The number of nitrogens with zero attached hydrogens (tertiary/aromatic N) is 2. The van der Waals surface area contributed by atoms with Crippen molar-refractivity contribution in [1.29, 1.82) is 0 Å². The molecule has 1 amide bonds. The van der Waals surface area contributed by atoms with Crippen molar-refractivity contribution in [3.05, 3.63) is 40.9 Å². The lowest BCUT2D eigenvalue weighted by Crippen LogP contribution is -2.15. The third kappa shape index (κ3) is 4.29. The Morgan fingerprint density at radius 3 is 2.76 bits per heavy atom. The molecule has 0 bridgehead atoms. The van der Waals surface area contributed by atoms with E-state index in [1.807, 2.05) is 49.5 Å². The van der Waals surface area contributed by atoms with Crippen LogP contribution in [-0.2, 0) is 11.2 Å². The fourth-order valence-corrected chi connectivity index (χ4v) is 2.74. The summed E-state index contributed by atoms with van der Waals surface area (Å²) in [6.07, 6.45) is 2.19. The zero-order chi connectivity index (χ0) is 15.4. The van der Waals surface area contributed by atoms with Gasteiger partial charge in [-0.2, -0.15) is 0 Å². The predicted molar refractivity (Wildman–Crippen MR) is 89.3 cm³/mol. The average molecular weight is 303 g/mol. The van der Waals surface area contributed by atoms with E-state index in [1.165, 1.54) is 16.2 Å². The Morgan fingerprint density at radius 2 is 2.14 bits per heavy atom. The highest BCUT2D eigenvalue weighted by atomic mass is 32.1. The van der Waals surface area contributed by atoms with Gasteiger partial charge in [-0.15, -0.1) is 11.3 Å². The van der Waals surface area contributed by atoms with E-state index in [4.69, 9.17) is 0 Å². The van der Waals surface area contributed by atoms with Gasteiger partial charge in [0.2, 0.25) is 5.91 Å². The molecule has 0 fully saturated rings. The molecule has 2 rings (SSSR count). The lowest BCUT2D eigenvalue weighted by atomic mass is 10.1. The molecule has 1 aromatic carbocycles. The maximum atomic E-state index is 12.1. The van der Waals surface area contributed by atoms with Gasteiger partial charge in [0, 0.05) is 30.9 Å². The maximum Gasteiger partial charge on any atom is 0.230 e. The van der Waals surface area contributed by atoms with E-state index in [2.05, 4.69) is 24.1 Å². The number of hydrogen-bond donors (Lipinski definition) is 1. The first kappa shape index (κ1) is 15.5. The van der Waals surface area contributed by atoms with E-state index in [-0.39, 0.29) is 5.91 Å². The van der Waals surface area contributed by atoms with Crippen LogP contribution in [0.25, 0.3) is 0 Å².